The van der Waals surface area contributed by atoms with Crippen LogP contribution >= 0.6 is 23.7 Å². The second-order valence-corrected chi connectivity index (χ2v) is 7.21. The zero-order valence-corrected chi connectivity index (χ0v) is 14.3. The van der Waals surface area contributed by atoms with Gasteiger partial charge in [-0.1, -0.05) is 6.07 Å². The fraction of sp³-hybridized carbons (Fsp3) is 0.500. The van der Waals surface area contributed by atoms with Crippen LogP contribution in [0.2, 0.25) is 0 Å². The summed E-state index contributed by atoms with van der Waals surface area (Å²) in [5.41, 5.74) is 6.83. The highest BCUT2D eigenvalue weighted by Gasteiger charge is 2.42. The molecule has 124 valence electrons. The van der Waals surface area contributed by atoms with E-state index in [2.05, 4.69) is 4.98 Å². The van der Waals surface area contributed by atoms with E-state index in [1.54, 1.807) is 17.6 Å². The highest BCUT2D eigenvalue weighted by molar-refractivity contribution is 7.13. The molecule has 1 saturated carbocycles. The first-order valence-corrected chi connectivity index (χ1v) is 8.60. The molecule has 0 spiro atoms. The van der Waals surface area contributed by atoms with Crippen LogP contribution in [0.5, 0.6) is 0 Å². The minimum absolute atomic E-state index is 0. The van der Waals surface area contributed by atoms with Crippen LogP contribution in [0.15, 0.2) is 28.2 Å². The average molecular weight is 354 g/mol. The summed E-state index contributed by atoms with van der Waals surface area (Å²) in [6.45, 7) is 1.66. The first kappa shape index (κ1) is 16.5. The molecular weight excluding hydrogens is 334 g/mol. The fourth-order valence-electron chi connectivity index (χ4n) is 3.68. The Balaban J connectivity index is 0.00000156. The van der Waals surface area contributed by atoms with Gasteiger partial charge < -0.3 is 15.1 Å². The second-order valence-electron chi connectivity index (χ2n) is 6.26. The number of fused-ring (bicyclic) bond motifs is 1. The van der Waals surface area contributed by atoms with E-state index in [0.29, 0.717) is 29.8 Å². The third-order valence-electron chi connectivity index (χ3n) is 4.88. The van der Waals surface area contributed by atoms with Gasteiger partial charge in [-0.05, 0) is 36.1 Å². The van der Waals surface area contributed by atoms with Crippen LogP contribution in [0.4, 0.5) is 0 Å². The number of hydrogen-bond donors (Lipinski definition) is 1. The lowest BCUT2D eigenvalue weighted by atomic mass is 9.98. The summed E-state index contributed by atoms with van der Waals surface area (Å²) in [4.78, 5) is 19.8. The molecule has 2 aliphatic rings. The number of rotatable bonds is 3. The van der Waals surface area contributed by atoms with Crippen LogP contribution in [0, 0.1) is 11.8 Å². The first-order chi connectivity index (χ1) is 10.7. The summed E-state index contributed by atoms with van der Waals surface area (Å²) < 4.78 is 5.47. The number of aromatic nitrogens is 1. The van der Waals surface area contributed by atoms with Crippen molar-refractivity contribution in [1.29, 1.82) is 0 Å². The van der Waals surface area contributed by atoms with Crippen molar-refractivity contribution < 1.29 is 9.21 Å². The number of amides is 1. The molecule has 1 saturated heterocycles. The van der Waals surface area contributed by atoms with Gasteiger partial charge in [-0.2, -0.15) is 0 Å². The van der Waals surface area contributed by atoms with Gasteiger partial charge in [-0.25, -0.2) is 4.98 Å². The topological polar surface area (TPSA) is 72.4 Å². The number of halogens is 1. The number of thiophene rings is 1. The van der Waals surface area contributed by atoms with Gasteiger partial charge in [0, 0.05) is 19.1 Å². The van der Waals surface area contributed by atoms with E-state index in [9.17, 15) is 4.79 Å². The lowest BCUT2D eigenvalue weighted by Gasteiger charge is -2.18. The van der Waals surface area contributed by atoms with Gasteiger partial charge in [-0.3, -0.25) is 4.79 Å². The maximum atomic E-state index is 12.5. The molecular formula is C16H20ClN3O2S. The van der Waals surface area contributed by atoms with E-state index in [1.165, 1.54) is 0 Å². The smallest absolute Gasteiger partial charge is 0.236 e. The molecule has 3 heterocycles. The Morgan fingerprint density at radius 3 is 3.04 bits per heavy atom. The fourth-order valence-corrected chi connectivity index (χ4v) is 4.33. The van der Waals surface area contributed by atoms with E-state index in [0.717, 1.165) is 30.8 Å². The summed E-state index contributed by atoms with van der Waals surface area (Å²) >= 11 is 1.58. The zero-order chi connectivity index (χ0) is 15.1. The molecule has 0 radical (unpaired) electrons. The van der Waals surface area contributed by atoms with Crippen LogP contribution in [0.3, 0.4) is 0 Å². The van der Waals surface area contributed by atoms with Crippen molar-refractivity contribution in [3.63, 3.8) is 0 Å². The van der Waals surface area contributed by atoms with Crippen LogP contribution < -0.4 is 5.73 Å². The quantitative estimate of drug-likeness (QED) is 0.920. The van der Waals surface area contributed by atoms with E-state index in [1.807, 2.05) is 22.4 Å². The van der Waals surface area contributed by atoms with Crippen LogP contribution in [0.25, 0.3) is 10.8 Å². The predicted octanol–water partition coefficient (Wildman–Crippen LogP) is 2.56. The van der Waals surface area contributed by atoms with Crippen LogP contribution in [-0.2, 0) is 11.2 Å². The molecule has 0 aromatic carbocycles. The van der Waals surface area contributed by atoms with E-state index >= 15 is 0 Å². The van der Waals surface area contributed by atoms with Crippen molar-refractivity contribution in [2.24, 2.45) is 17.6 Å². The van der Waals surface area contributed by atoms with Gasteiger partial charge in [0.05, 0.1) is 17.0 Å². The maximum absolute atomic E-state index is 12.5. The number of oxazole rings is 1. The molecule has 4 rings (SSSR count). The third-order valence-corrected chi connectivity index (χ3v) is 5.74. The Bertz CT molecular complexity index is 673. The number of nitrogens with zero attached hydrogens (tertiary/aromatic N) is 2. The Morgan fingerprint density at radius 2 is 2.30 bits per heavy atom. The standard InChI is InChI=1S/C16H19N3O2S.ClH/c17-13-4-3-10-7-19(8-12(10)13)15(20)6-11-9-21-16(18-11)14-2-1-5-22-14;/h1-2,5,9-10,12-13H,3-4,6-8,17H2;1H. The number of hydrogen-bond acceptors (Lipinski definition) is 5. The van der Waals surface area contributed by atoms with Crippen LogP contribution in [-0.4, -0.2) is 34.9 Å². The molecule has 1 amide bonds. The first-order valence-electron chi connectivity index (χ1n) is 7.72. The van der Waals surface area contributed by atoms with Crippen molar-refractivity contribution in [2.45, 2.75) is 25.3 Å². The van der Waals surface area contributed by atoms with E-state index in [-0.39, 0.29) is 24.4 Å². The molecule has 23 heavy (non-hydrogen) atoms. The predicted molar refractivity (Wildman–Crippen MR) is 91.5 cm³/mol. The molecule has 1 aliphatic heterocycles. The molecule has 1 aliphatic carbocycles. The van der Waals surface area contributed by atoms with Crippen molar-refractivity contribution in [3.05, 3.63) is 29.5 Å². The number of likely N-dealkylation sites (tertiary alicyclic amines) is 1. The van der Waals surface area contributed by atoms with Crippen molar-refractivity contribution in [2.75, 3.05) is 13.1 Å². The summed E-state index contributed by atoms with van der Waals surface area (Å²) in [5.74, 6) is 1.81. The molecule has 3 unspecified atom stereocenters. The molecule has 2 aromatic heterocycles. The average Bonchev–Trinajstić information content (AvgIpc) is 3.23. The molecule has 2 fully saturated rings. The monoisotopic (exact) mass is 353 g/mol. The Labute approximate surface area is 145 Å². The minimum Gasteiger partial charge on any atom is -0.444 e. The van der Waals surface area contributed by atoms with Gasteiger partial charge in [0.15, 0.2) is 0 Å². The molecule has 5 nitrogen and oxygen atoms in total. The molecule has 7 heteroatoms. The second kappa shape index (κ2) is 6.63. The van der Waals surface area contributed by atoms with Crippen molar-refractivity contribution in [3.8, 4) is 10.8 Å². The molecule has 3 atom stereocenters. The highest BCUT2D eigenvalue weighted by atomic mass is 35.5. The molecule has 2 N–H and O–H groups in total. The van der Waals surface area contributed by atoms with Crippen LogP contribution in [0.1, 0.15) is 18.5 Å². The van der Waals surface area contributed by atoms with Gasteiger partial charge in [0.2, 0.25) is 11.8 Å². The Morgan fingerprint density at radius 1 is 1.43 bits per heavy atom. The van der Waals surface area contributed by atoms with Crippen molar-refractivity contribution >= 4 is 29.7 Å². The van der Waals surface area contributed by atoms with Crippen molar-refractivity contribution in [1.82, 2.24) is 9.88 Å². The lowest BCUT2D eigenvalue weighted by Crippen LogP contribution is -2.34. The summed E-state index contributed by atoms with van der Waals surface area (Å²) in [5, 5.41) is 1.98. The largest absolute Gasteiger partial charge is 0.444 e. The highest BCUT2D eigenvalue weighted by Crippen LogP contribution is 2.37. The summed E-state index contributed by atoms with van der Waals surface area (Å²) in [6.07, 6.45) is 4.16. The summed E-state index contributed by atoms with van der Waals surface area (Å²) in [6, 6.07) is 4.19. The van der Waals surface area contributed by atoms with Gasteiger partial charge >= 0.3 is 0 Å². The van der Waals surface area contributed by atoms with E-state index < -0.39 is 0 Å². The normalized spacial score (nSPS) is 26.1. The van der Waals surface area contributed by atoms with E-state index in [4.69, 9.17) is 10.2 Å². The zero-order valence-electron chi connectivity index (χ0n) is 12.7. The number of carbonyl (C=O) groups excluding carboxylic acids is 1. The Kier molecular flexibility index (Phi) is 4.75. The Hall–Kier alpha value is -1.37. The van der Waals surface area contributed by atoms with Gasteiger partial charge in [-0.15, -0.1) is 23.7 Å². The minimum atomic E-state index is 0. The maximum Gasteiger partial charge on any atom is 0.236 e. The third kappa shape index (κ3) is 3.16. The number of carbonyl (C=O) groups is 1. The number of nitrogens with two attached hydrogens (primary N) is 1. The SMILES string of the molecule is Cl.NC1CCC2CN(C(=O)Cc3coc(-c4cccs4)n3)CC12. The lowest BCUT2D eigenvalue weighted by molar-refractivity contribution is -0.129. The molecule has 0 bridgehead atoms. The molecule has 2 aromatic rings. The van der Waals surface area contributed by atoms with Gasteiger partial charge in [0.1, 0.15) is 6.26 Å². The summed E-state index contributed by atoms with van der Waals surface area (Å²) in [7, 11) is 0. The van der Waals surface area contributed by atoms with Gasteiger partial charge in [0.25, 0.3) is 0 Å².